The number of nitrogens with one attached hydrogen (secondary N) is 1. The predicted octanol–water partition coefficient (Wildman–Crippen LogP) is 2.96. The molecule has 4 heterocycles. The SMILES string of the molecule is CCCCc1nc(Cl)c(CN2CC[C@@]34OC[C@@H](C(C)C)N3C(=O)C[C@@H]24)[nH]1. The van der Waals surface area contributed by atoms with Crippen molar-refractivity contribution in [1.29, 1.82) is 0 Å². The van der Waals surface area contributed by atoms with E-state index in [1.54, 1.807) is 0 Å². The maximum atomic E-state index is 12.7. The lowest BCUT2D eigenvalue weighted by Gasteiger charge is -2.34. The molecule has 144 valence electrons. The molecule has 0 saturated carbocycles. The van der Waals surface area contributed by atoms with E-state index in [-0.39, 0.29) is 18.0 Å². The van der Waals surface area contributed by atoms with E-state index in [1.807, 2.05) is 0 Å². The number of aryl methyl sites for hydroxylation is 1. The molecule has 0 aliphatic carbocycles. The van der Waals surface area contributed by atoms with Gasteiger partial charge in [-0.15, -0.1) is 0 Å². The Hall–Kier alpha value is -1.11. The van der Waals surface area contributed by atoms with Crippen molar-refractivity contribution in [2.24, 2.45) is 5.92 Å². The molecule has 1 spiro atoms. The van der Waals surface area contributed by atoms with Crippen molar-refractivity contribution in [1.82, 2.24) is 19.8 Å². The Morgan fingerprint density at radius 3 is 3.00 bits per heavy atom. The molecule has 3 aliphatic heterocycles. The second-order valence-corrected chi connectivity index (χ2v) is 8.59. The second-order valence-electron chi connectivity index (χ2n) is 8.23. The average Bonchev–Trinajstić information content (AvgIpc) is 3.30. The van der Waals surface area contributed by atoms with Gasteiger partial charge in [-0.3, -0.25) is 9.69 Å². The van der Waals surface area contributed by atoms with E-state index in [9.17, 15) is 4.79 Å². The molecule has 0 bridgehead atoms. The Balaban J connectivity index is 1.51. The number of halogens is 1. The van der Waals surface area contributed by atoms with Crippen LogP contribution in [-0.2, 0) is 22.5 Å². The van der Waals surface area contributed by atoms with E-state index in [0.29, 0.717) is 30.6 Å². The maximum absolute atomic E-state index is 12.7. The van der Waals surface area contributed by atoms with Crippen molar-refractivity contribution in [2.75, 3.05) is 13.2 Å². The molecule has 3 fully saturated rings. The summed E-state index contributed by atoms with van der Waals surface area (Å²) in [5.74, 6) is 1.60. The minimum atomic E-state index is -0.427. The van der Waals surface area contributed by atoms with Gasteiger partial charge in [0.15, 0.2) is 10.9 Å². The first kappa shape index (κ1) is 18.3. The van der Waals surface area contributed by atoms with Crippen LogP contribution in [0.2, 0.25) is 5.15 Å². The van der Waals surface area contributed by atoms with Gasteiger partial charge in [0, 0.05) is 32.4 Å². The zero-order valence-electron chi connectivity index (χ0n) is 15.9. The van der Waals surface area contributed by atoms with Crippen LogP contribution in [0.15, 0.2) is 0 Å². The van der Waals surface area contributed by atoms with Gasteiger partial charge in [0.05, 0.1) is 24.4 Å². The number of nitrogens with zero attached hydrogens (tertiary/aromatic N) is 3. The van der Waals surface area contributed by atoms with Crippen molar-refractivity contribution in [2.45, 2.75) is 77.2 Å². The number of H-pyrrole nitrogens is 1. The summed E-state index contributed by atoms with van der Waals surface area (Å²) < 4.78 is 6.29. The summed E-state index contributed by atoms with van der Waals surface area (Å²) >= 11 is 6.37. The summed E-state index contributed by atoms with van der Waals surface area (Å²) in [6.45, 7) is 8.77. The van der Waals surface area contributed by atoms with Crippen molar-refractivity contribution in [3.63, 3.8) is 0 Å². The summed E-state index contributed by atoms with van der Waals surface area (Å²) in [7, 11) is 0. The van der Waals surface area contributed by atoms with Crippen molar-refractivity contribution < 1.29 is 9.53 Å². The fraction of sp³-hybridized carbons (Fsp3) is 0.789. The lowest BCUT2D eigenvalue weighted by Crippen LogP contribution is -2.50. The van der Waals surface area contributed by atoms with Crippen LogP contribution in [0.25, 0.3) is 0 Å². The largest absolute Gasteiger partial charge is 0.352 e. The number of rotatable bonds is 6. The quantitative estimate of drug-likeness (QED) is 0.824. The molecule has 0 radical (unpaired) electrons. The molecular weight excluding hydrogens is 352 g/mol. The summed E-state index contributed by atoms with van der Waals surface area (Å²) in [6.07, 6.45) is 4.58. The van der Waals surface area contributed by atoms with Crippen LogP contribution in [0.4, 0.5) is 0 Å². The fourth-order valence-electron chi connectivity index (χ4n) is 4.85. The molecule has 7 heteroatoms. The highest BCUT2D eigenvalue weighted by molar-refractivity contribution is 6.30. The topological polar surface area (TPSA) is 61.5 Å². The van der Waals surface area contributed by atoms with E-state index < -0.39 is 5.72 Å². The van der Waals surface area contributed by atoms with Crippen LogP contribution in [0.5, 0.6) is 0 Å². The minimum Gasteiger partial charge on any atom is -0.352 e. The number of aromatic nitrogens is 2. The van der Waals surface area contributed by atoms with Gasteiger partial charge in [-0.25, -0.2) is 4.98 Å². The molecular formula is C19H29ClN4O2. The first-order chi connectivity index (χ1) is 12.5. The van der Waals surface area contributed by atoms with Gasteiger partial charge in [-0.2, -0.15) is 0 Å². The number of amides is 1. The number of ether oxygens (including phenoxy) is 1. The summed E-state index contributed by atoms with van der Waals surface area (Å²) in [5, 5.41) is 0.561. The molecule has 1 N–H and O–H groups in total. The van der Waals surface area contributed by atoms with E-state index >= 15 is 0 Å². The summed E-state index contributed by atoms with van der Waals surface area (Å²) in [5.41, 5.74) is 0.530. The number of imidazole rings is 1. The lowest BCUT2D eigenvalue weighted by molar-refractivity contribution is -0.139. The molecule has 26 heavy (non-hydrogen) atoms. The Labute approximate surface area is 160 Å². The Kier molecular flexibility index (Phi) is 4.78. The monoisotopic (exact) mass is 380 g/mol. The highest BCUT2D eigenvalue weighted by Crippen LogP contribution is 2.49. The molecule has 4 rings (SSSR count). The normalized spacial score (nSPS) is 31.3. The van der Waals surface area contributed by atoms with Gasteiger partial charge in [0.25, 0.3) is 0 Å². The summed E-state index contributed by atoms with van der Waals surface area (Å²) in [4.78, 5) is 25.0. The minimum absolute atomic E-state index is 0.109. The third-order valence-electron chi connectivity index (χ3n) is 6.27. The highest BCUT2D eigenvalue weighted by Gasteiger charge is 2.64. The third kappa shape index (κ3) is 2.77. The van der Waals surface area contributed by atoms with Gasteiger partial charge in [0.1, 0.15) is 5.82 Å². The number of carbonyl (C=O) groups excluding carboxylic acids is 1. The van der Waals surface area contributed by atoms with Gasteiger partial charge < -0.3 is 14.6 Å². The van der Waals surface area contributed by atoms with Crippen molar-refractivity contribution in [3.8, 4) is 0 Å². The van der Waals surface area contributed by atoms with Crippen LogP contribution in [0.3, 0.4) is 0 Å². The molecule has 3 atom stereocenters. The van der Waals surface area contributed by atoms with Gasteiger partial charge in [-0.05, 0) is 12.3 Å². The lowest BCUT2D eigenvalue weighted by atomic mass is 10.0. The fourth-order valence-corrected chi connectivity index (χ4v) is 5.06. The molecule has 6 nitrogen and oxygen atoms in total. The molecule has 3 aliphatic rings. The zero-order chi connectivity index (χ0) is 18.5. The van der Waals surface area contributed by atoms with Gasteiger partial charge in [-0.1, -0.05) is 38.8 Å². The highest BCUT2D eigenvalue weighted by atomic mass is 35.5. The smallest absolute Gasteiger partial charge is 0.226 e. The van der Waals surface area contributed by atoms with E-state index in [0.717, 1.165) is 43.7 Å². The van der Waals surface area contributed by atoms with Crippen molar-refractivity contribution >= 4 is 17.5 Å². The molecule has 1 aromatic heterocycles. The predicted molar refractivity (Wildman–Crippen MR) is 99.8 cm³/mol. The number of carbonyl (C=O) groups is 1. The van der Waals surface area contributed by atoms with Crippen LogP contribution in [0, 0.1) is 5.92 Å². The number of aromatic amines is 1. The number of hydrogen-bond donors (Lipinski definition) is 1. The molecule has 0 aromatic carbocycles. The van der Waals surface area contributed by atoms with Crippen LogP contribution < -0.4 is 0 Å². The van der Waals surface area contributed by atoms with Crippen LogP contribution in [0.1, 0.15) is 58.0 Å². The second kappa shape index (κ2) is 6.80. The van der Waals surface area contributed by atoms with Crippen molar-refractivity contribution in [3.05, 3.63) is 16.7 Å². The zero-order valence-corrected chi connectivity index (χ0v) is 16.7. The first-order valence-electron chi connectivity index (χ1n) is 9.89. The average molecular weight is 381 g/mol. The van der Waals surface area contributed by atoms with Crippen LogP contribution in [-0.4, -0.2) is 56.6 Å². The van der Waals surface area contributed by atoms with E-state index in [2.05, 4.69) is 40.5 Å². The van der Waals surface area contributed by atoms with Gasteiger partial charge >= 0.3 is 0 Å². The molecule has 1 aromatic rings. The third-order valence-corrected chi connectivity index (χ3v) is 6.59. The molecule has 1 amide bonds. The first-order valence-corrected chi connectivity index (χ1v) is 10.3. The summed E-state index contributed by atoms with van der Waals surface area (Å²) in [6, 6.07) is 0.307. The Bertz CT molecular complexity index is 691. The Morgan fingerprint density at radius 2 is 2.27 bits per heavy atom. The number of hydrogen-bond acceptors (Lipinski definition) is 4. The molecule has 0 unspecified atom stereocenters. The van der Waals surface area contributed by atoms with E-state index in [4.69, 9.17) is 16.3 Å². The molecule has 3 saturated heterocycles. The Morgan fingerprint density at radius 1 is 1.46 bits per heavy atom. The van der Waals surface area contributed by atoms with Gasteiger partial charge in [0.2, 0.25) is 5.91 Å². The standard InChI is InChI=1S/C19H29ClN4O2/c1-4-5-6-16-21-13(18(20)22-16)10-23-8-7-19-15(23)9-17(25)24(19)14(11-26-19)12(2)3/h12,14-15H,4-11H2,1-3H3,(H,21,22)/t14-,15+,19-/m0/s1. The maximum Gasteiger partial charge on any atom is 0.226 e. The number of unbranched alkanes of at least 4 members (excludes halogenated alkanes) is 1. The van der Waals surface area contributed by atoms with E-state index in [1.165, 1.54) is 0 Å². The number of likely N-dealkylation sites (tertiary alicyclic amines) is 1. The van der Waals surface area contributed by atoms with Crippen LogP contribution >= 0.6 is 11.6 Å².